The minimum absolute atomic E-state index is 0.175. The maximum atomic E-state index is 12.9. The van der Waals surface area contributed by atoms with Gasteiger partial charge in [0.1, 0.15) is 5.82 Å². The number of aromatic nitrogens is 5. The molecule has 2 fully saturated rings. The van der Waals surface area contributed by atoms with Crippen molar-refractivity contribution >= 4 is 28.2 Å². The first-order chi connectivity index (χ1) is 17.3. The molecule has 36 heavy (non-hydrogen) atoms. The van der Waals surface area contributed by atoms with Crippen LogP contribution in [0.15, 0.2) is 41.5 Å². The fourth-order valence-corrected chi connectivity index (χ4v) is 5.66. The maximum absolute atomic E-state index is 12.9. The molecule has 4 aromatic rings. The first kappa shape index (κ1) is 23.2. The number of pyridine rings is 1. The molecule has 0 amide bonds. The van der Waals surface area contributed by atoms with Crippen molar-refractivity contribution in [3.63, 3.8) is 0 Å². The predicted octanol–water partition coefficient (Wildman–Crippen LogP) is 3.90. The Morgan fingerprint density at radius 1 is 1.14 bits per heavy atom. The zero-order valence-corrected chi connectivity index (χ0v) is 21.6. The summed E-state index contributed by atoms with van der Waals surface area (Å²) in [6.07, 6.45) is 6.70. The fourth-order valence-electron chi connectivity index (χ4n) is 5.38. The van der Waals surface area contributed by atoms with Crippen LogP contribution in [0.4, 0.5) is 5.69 Å². The van der Waals surface area contributed by atoms with Crippen molar-refractivity contribution in [2.24, 2.45) is 5.41 Å². The van der Waals surface area contributed by atoms with Crippen molar-refractivity contribution in [2.75, 3.05) is 38.1 Å². The van der Waals surface area contributed by atoms with Gasteiger partial charge in [-0.1, -0.05) is 17.7 Å². The molecule has 3 aromatic heterocycles. The number of benzene rings is 1. The first-order valence-electron chi connectivity index (χ1n) is 12.4. The smallest absolute Gasteiger partial charge is 0.258 e. The molecule has 2 aliphatic rings. The molecular formula is C27H30ClN7O. The van der Waals surface area contributed by atoms with Crippen LogP contribution in [0.2, 0.25) is 5.02 Å². The molecule has 0 saturated carbocycles. The van der Waals surface area contributed by atoms with Crippen molar-refractivity contribution < 1.29 is 0 Å². The molecule has 1 N–H and O–H groups in total. The molecule has 186 valence electrons. The third-order valence-electron chi connectivity index (χ3n) is 7.82. The van der Waals surface area contributed by atoms with Gasteiger partial charge in [0.25, 0.3) is 5.56 Å². The highest BCUT2D eigenvalue weighted by Gasteiger charge is 2.44. The number of anilines is 1. The van der Waals surface area contributed by atoms with E-state index in [0.717, 1.165) is 54.5 Å². The van der Waals surface area contributed by atoms with E-state index in [1.165, 1.54) is 12.8 Å². The van der Waals surface area contributed by atoms with Gasteiger partial charge < -0.3 is 14.8 Å². The maximum Gasteiger partial charge on any atom is 0.258 e. The minimum atomic E-state index is -0.175. The van der Waals surface area contributed by atoms with Crippen LogP contribution < -0.4 is 10.5 Å². The largest absolute Gasteiger partial charge is 0.369 e. The van der Waals surface area contributed by atoms with Crippen LogP contribution in [0.3, 0.4) is 0 Å². The first-order valence-corrected chi connectivity index (χ1v) is 12.8. The van der Waals surface area contributed by atoms with Gasteiger partial charge in [-0.3, -0.25) is 4.79 Å². The highest BCUT2D eigenvalue weighted by atomic mass is 35.5. The number of nitrogens with zero attached hydrogens (tertiary/aromatic N) is 6. The molecule has 0 bridgehead atoms. The summed E-state index contributed by atoms with van der Waals surface area (Å²) in [6.45, 7) is 8.33. The fraction of sp³-hybridized carbons (Fsp3) is 0.407. The third-order valence-corrected chi connectivity index (χ3v) is 8.13. The van der Waals surface area contributed by atoms with E-state index in [0.29, 0.717) is 33.6 Å². The Kier molecular flexibility index (Phi) is 5.61. The van der Waals surface area contributed by atoms with Gasteiger partial charge in [0, 0.05) is 37.3 Å². The lowest BCUT2D eigenvalue weighted by molar-refractivity contribution is 0.0907. The lowest BCUT2D eigenvalue weighted by Crippen LogP contribution is -2.60. The molecule has 1 aromatic carbocycles. The summed E-state index contributed by atoms with van der Waals surface area (Å²) < 4.78 is 1.78. The van der Waals surface area contributed by atoms with E-state index in [9.17, 15) is 4.79 Å². The molecule has 8 nitrogen and oxygen atoms in total. The van der Waals surface area contributed by atoms with Crippen LogP contribution in [0.5, 0.6) is 0 Å². The Hall–Kier alpha value is -3.23. The van der Waals surface area contributed by atoms with Crippen molar-refractivity contribution in [3.8, 4) is 5.82 Å². The monoisotopic (exact) mass is 503 g/mol. The molecule has 1 spiro atoms. The number of piperidine rings is 1. The summed E-state index contributed by atoms with van der Waals surface area (Å²) in [6, 6.07) is 7.65. The van der Waals surface area contributed by atoms with Crippen LogP contribution in [-0.2, 0) is 6.42 Å². The third kappa shape index (κ3) is 4.18. The van der Waals surface area contributed by atoms with Crippen LogP contribution in [-0.4, -0.2) is 62.9 Å². The van der Waals surface area contributed by atoms with Gasteiger partial charge in [0.05, 0.1) is 27.3 Å². The quantitative estimate of drug-likeness (QED) is 0.455. The average Bonchev–Trinajstić information content (AvgIpc) is 3.17. The van der Waals surface area contributed by atoms with Gasteiger partial charge in [-0.05, 0) is 76.2 Å². The highest BCUT2D eigenvalue weighted by Crippen LogP contribution is 2.44. The van der Waals surface area contributed by atoms with E-state index >= 15 is 0 Å². The van der Waals surface area contributed by atoms with E-state index in [1.54, 1.807) is 16.9 Å². The summed E-state index contributed by atoms with van der Waals surface area (Å²) in [5.41, 5.74) is 4.92. The second kappa shape index (κ2) is 8.71. The van der Waals surface area contributed by atoms with Crippen molar-refractivity contribution in [1.29, 1.82) is 0 Å². The zero-order chi connectivity index (χ0) is 25.0. The number of aromatic amines is 1. The van der Waals surface area contributed by atoms with Crippen molar-refractivity contribution in [1.82, 2.24) is 29.6 Å². The highest BCUT2D eigenvalue weighted by molar-refractivity contribution is 6.34. The Balaban J connectivity index is 1.23. The van der Waals surface area contributed by atoms with E-state index in [2.05, 4.69) is 31.9 Å². The van der Waals surface area contributed by atoms with Gasteiger partial charge in [0.15, 0.2) is 5.82 Å². The predicted molar refractivity (Wildman–Crippen MR) is 142 cm³/mol. The van der Waals surface area contributed by atoms with Crippen LogP contribution in [0, 0.1) is 19.3 Å². The Labute approximate surface area is 214 Å². The Morgan fingerprint density at radius 3 is 2.58 bits per heavy atom. The number of halogens is 1. The van der Waals surface area contributed by atoms with Crippen LogP contribution >= 0.6 is 11.6 Å². The number of aryl methyl sites for hydroxylation is 2. The van der Waals surface area contributed by atoms with Gasteiger partial charge in [-0.25, -0.2) is 14.6 Å². The minimum Gasteiger partial charge on any atom is -0.369 e. The summed E-state index contributed by atoms with van der Waals surface area (Å²) >= 11 is 6.63. The zero-order valence-electron chi connectivity index (χ0n) is 20.9. The molecule has 5 heterocycles. The molecule has 0 radical (unpaired) electrons. The number of H-pyrrole nitrogens is 1. The average molecular weight is 504 g/mol. The normalized spacial score (nSPS) is 17.6. The van der Waals surface area contributed by atoms with Crippen LogP contribution in [0.1, 0.15) is 35.5 Å². The summed E-state index contributed by atoms with van der Waals surface area (Å²) in [5.74, 6) is 1.36. The van der Waals surface area contributed by atoms with E-state index in [-0.39, 0.29) is 5.56 Å². The van der Waals surface area contributed by atoms with E-state index in [4.69, 9.17) is 16.6 Å². The topological polar surface area (TPSA) is 82.9 Å². The van der Waals surface area contributed by atoms with Crippen molar-refractivity contribution in [2.45, 2.75) is 33.1 Å². The molecule has 2 saturated heterocycles. The molecule has 6 rings (SSSR count). The lowest BCUT2D eigenvalue weighted by atomic mass is 9.72. The molecule has 9 heteroatoms. The van der Waals surface area contributed by atoms with Gasteiger partial charge >= 0.3 is 0 Å². The van der Waals surface area contributed by atoms with Crippen molar-refractivity contribution in [3.05, 3.63) is 74.7 Å². The summed E-state index contributed by atoms with van der Waals surface area (Å²) in [7, 11) is 2.19. The number of rotatable bonds is 4. The van der Waals surface area contributed by atoms with E-state index in [1.807, 2.05) is 38.2 Å². The second-order valence-electron chi connectivity index (χ2n) is 10.5. The van der Waals surface area contributed by atoms with Crippen LogP contribution in [0.25, 0.3) is 16.7 Å². The molecular weight excluding hydrogens is 474 g/mol. The van der Waals surface area contributed by atoms with Gasteiger partial charge in [-0.15, -0.1) is 0 Å². The molecule has 0 unspecified atom stereocenters. The standard InChI is InChI=1S/C27H30ClN7O/c1-17-14-35(32-18(17)2)25-5-4-19(13-29-25)10-24-30-22-12-23(21(28)11-20(22)26(36)31-24)34-15-27(16-34)6-8-33(3)9-7-27/h4-5,11-14H,6-10,15-16H2,1-3H3,(H,30,31,36). The number of hydrogen-bond donors (Lipinski definition) is 1. The summed E-state index contributed by atoms with van der Waals surface area (Å²) in [4.78, 5) is 29.8. The summed E-state index contributed by atoms with van der Waals surface area (Å²) in [5, 5.41) is 5.61. The SMILES string of the molecule is Cc1cn(-c2ccc(Cc3nc4cc(N5CC6(CCN(C)CC6)C5)c(Cl)cc4c(=O)[nH]3)cn2)nc1C. The Bertz CT molecular complexity index is 1470. The van der Waals surface area contributed by atoms with Gasteiger partial charge in [-0.2, -0.15) is 5.10 Å². The molecule has 0 aliphatic carbocycles. The Morgan fingerprint density at radius 2 is 1.92 bits per heavy atom. The lowest BCUT2D eigenvalue weighted by Gasteiger charge is -2.55. The number of hydrogen-bond acceptors (Lipinski definition) is 6. The number of likely N-dealkylation sites (tertiary alicyclic amines) is 1. The van der Waals surface area contributed by atoms with Gasteiger partial charge in [0.2, 0.25) is 0 Å². The molecule has 0 atom stereocenters. The molecule has 2 aliphatic heterocycles. The number of fused-ring (bicyclic) bond motifs is 1. The number of nitrogens with one attached hydrogen (secondary N) is 1. The van der Waals surface area contributed by atoms with E-state index < -0.39 is 0 Å². The second-order valence-corrected chi connectivity index (χ2v) is 10.9.